The summed E-state index contributed by atoms with van der Waals surface area (Å²) < 4.78 is 13.1. The molecule has 1 heterocycles. The number of nitro groups is 1. The summed E-state index contributed by atoms with van der Waals surface area (Å²) in [5.74, 6) is -0.586. The van der Waals surface area contributed by atoms with E-state index in [1.54, 1.807) is 31.2 Å². The van der Waals surface area contributed by atoms with Crippen LogP contribution in [0.15, 0.2) is 42.6 Å². The van der Waals surface area contributed by atoms with Gasteiger partial charge in [0.15, 0.2) is 0 Å². The van der Waals surface area contributed by atoms with Crippen LogP contribution < -0.4 is 5.32 Å². The van der Waals surface area contributed by atoms with Crippen LogP contribution in [0.4, 0.5) is 15.9 Å². The van der Waals surface area contributed by atoms with Crippen molar-refractivity contribution in [1.82, 2.24) is 4.98 Å². The fourth-order valence-electron chi connectivity index (χ4n) is 1.75. The molecule has 1 atom stereocenters. The van der Waals surface area contributed by atoms with Crippen molar-refractivity contribution in [2.75, 3.05) is 5.32 Å². The summed E-state index contributed by atoms with van der Waals surface area (Å²) in [7, 11) is 0. The maximum absolute atomic E-state index is 13.1. The van der Waals surface area contributed by atoms with Gasteiger partial charge in [-0.05, 0) is 46.7 Å². The number of nitrogens with zero attached hydrogens (tertiary/aromatic N) is 2. The van der Waals surface area contributed by atoms with E-state index in [1.165, 1.54) is 18.3 Å². The molecule has 0 saturated heterocycles. The molecule has 2 aromatic rings. The van der Waals surface area contributed by atoms with Crippen molar-refractivity contribution in [2.45, 2.75) is 13.0 Å². The Morgan fingerprint density at radius 3 is 2.84 bits per heavy atom. The Balaban J connectivity index is 2.24. The van der Waals surface area contributed by atoms with Crippen molar-refractivity contribution in [3.63, 3.8) is 0 Å². The summed E-state index contributed by atoms with van der Waals surface area (Å²) in [5, 5.41) is 13.8. The molecule has 0 bridgehead atoms. The van der Waals surface area contributed by atoms with Gasteiger partial charge in [-0.1, -0.05) is 12.1 Å². The van der Waals surface area contributed by atoms with E-state index in [0.717, 1.165) is 0 Å². The van der Waals surface area contributed by atoms with Gasteiger partial charge in [0, 0.05) is 6.04 Å². The van der Waals surface area contributed by atoms with Gasteiger partial charge in [-0.2, -0.15) is 0 Å². The SMILES string of the molecule is CC(Nc1cccnc1[N+](=O)[O-])c1cccc(F)c1. The summed E-state index contributed by atoms with van der Waals surface area (Å²) in [4.78, 5) is 14.0. The van der Waals surface area contributed by atoms with Gasteiger partial charge in [0.05, 0.1) is 0 Å². The molecule has 19 heavy (non-hydrogen) atoms. The second kappa shape index (κ2) is 5.43. The number of rotatable bonds is 4. The van der Waals surface area contributed by atoms with Gasteiger partial charge < -0.3 is 15.4 Å². The molecule has 1 unspecified atom stereocenters. The molecule has 0 radical (unpaired) electrons. The van der Waals surface area contributed by atoms with E-state index in [4.69, 9.17) is 0 Å². The molecule has 0 saturated carbocycles. The van der Waals surface area contributed by atoms with Gasteiger partial charge in [-0.3, -0.25) is 0 Å². The lowest BCUT2D eigenvalue weighted by Gasteiger charge is -2.15. The zero-order chi connectivity index (χ0) is 13.8. The van der Waals surface area contributed by atoms with Crippen LogP contribution in [0.5, 0.6) is 0 Å². The first-order valence-electron chi connectivity index (χ1n) is 5.69. The minimum absolute atomic E-state index is 0.245. The third-order valence-corrected chi connectivity index (χ3v) is 2.68. The van der Waals surface area contributed by atoms with Gasteiger partial charge in [-0.15, -0.1) is 0 Å². The van der Waals surface area contributed by atoms with Crippen molar-refractivity contribution in [2.24, 2.45) is 0 Å². The predicted molar refractivity (Wildman–Crippen MR) is 69.3 cm³/mol. The van der Waals surface area contributed by atoms with Crippen molar-refractivity contribution in [1.29, 1.82) is 0 Å². The van der Waals surface area contributed by atoms with Crippen LogP contribution >= 0.6 is 0 Å². The molecule has 0 amide bonds. The smallest absolute Gasteiger partial charge is 0.372 e. The molecule has 1 N–H and O–H groups in total. The monoisotopic (exact) mass is 261 g/mol. The largest absolute Gasteiger partial charge is 0.386 e. The van der Waals surface area contributed by atoms with Crippen molar-refractivity contribution < 1.29 is 9.31 Å². The zero-order valence-electron chi connectivity index (χ0n) is 10.2. The number of anilines is 1. The molecule has 5 nitrogen and oxygen atoms in total. The first-order valence-corrected chi connectivity index (χ1v) is 5.69. The predicted octanol–water partition coefficient (Wildman–Crippen LogP) is 3.30. The third-order valence-electron chi connectivity index (χ3n) is 2.68. The van der Waals surface area contributed by atoms with Crippen LogP contribution in [-0.4, -0.2) is 9.91 Å². The Labute approximate surface area is 109 Å². The van der Waals surface area contributed by atoms with Crippen molar-refractivity contribution >= 4 is 11.5 Å². The van der Waals surface area contributed by atoms with Crippen LogP contribution in [0.25, 0.3) is 0 Å². The molecule has 0 aliphatic carbocycles. The van der Waals surface area contributed by atoms with E-state index in [1.807, 2.05) is 0 Å². The number of halogens is 1. The maximum atomic E-state index is 13.1. The summed E-state index contributed by atoms with van der Waals surface area (Å²) in [6.45, 7) is 1.80. The van der Waals surface area contributed by atoms with Crippen LogP contribution in [0.1, 0.15) is 18.5 Å². The highest BCUT2D eigenvalue weighted by atomic mass is 19.1. The molecule has 98 valence electrons. The van der Waals surface area contributed by atoms with Gasteiger partial charge in [-0.25, -0.2) is 4.39 Å². The van der Waals surface area contributed by atoms with E-state index in [0.29, 0.717) is 11.3 Å². The Bertz CT molecular complexity index is 604. The average Bonchev–Trinajstić information content (AvgIpc) is 2.39. The van der Waals surface area contributed by atoms with Gasteiger partial charge in [0.1, 0.15) is 17.7 Å². The number of pyridine rings is 1. The summed E-state index contributed by atoms with van der Waals surface area (Å²) >= 11 is 0. The average molecular weight is 261 g/mol. The molecule has 6 heteroatoms. The first kappa shape index (κ1) is 12.9. The maximum Gasteiger partial charge on any atom is 0.386 e. The van der Waals surface area contributed by atoms with Crippen LogP contribution in [0, 0.1) is 15.9 Å². The van der Waals surface area contributed by atoms with Crippen LogP contribution in [0.3, 0.4) is 0 Å². The molecule has 1 aromatic heterocycles. The molecule has 0 fully saturated rings. The topological polar surface area (TPSA) is 68.1 Å². The highest BCUT2D eigenvalue weighted by Crippen LogP contribution is 2.25. The van der Waals surface area contributed by atoms with Gasteiger partial charge in [0.2, 0.25) is 0 Å². The highest BCUT2D eigenvalue weighted by Gasteiger charge is 2.16. The fourth-order valence-corrected chi connectivity index (χ4v) is 1.75. The van der Waals surface area contributed by atoms with E-state index in [-0.39, 0.29) is 17.7 Å². The molecular weight excluding hydrogens is 249 g/mol. The second-order valence-electron chi connectivity index (χ2n) is 4.05. The van der Waals surface area contributed by atoms with E-state index >= 15 is 0 Å². The second-order valence-corrected chi connectivity index (χ2v) is 4.05. The molecule has 0 aliphatic rings. The minimum atomic E-state index is -0.555. The Morgan fingerprint density at radius 2 is 2.16 bits per heavy atom. The number of hydrogen-bond acceptors (Lipinski definition) is 4. The quantitative estimate of drug-likeness (QED) is 0.677. The lowest BCUT2D eigenvalue weighted by Crippen LogP contribution is -2.09. The van der Waals surface area contributed by atoms with E-state index in [2.05, 4.69) is 10.3 Å². The Kier molecular flexibility index (Phi) is 3.70. The molecule has 1 aromatic carbocycles. The summed E-state index contributed by atoms with van der Waals surface area (Å²) in [5.41, 5.74) is 1.02. The minimum Gasteiger partial charge on any atom is -0.372 e. The fraction of sp³-hybridized carbons (Fsp3) is 0.154. The number of aromatic nitrogens is 1. The van der Waals surface area contributed by atoms with E-state index in [9.17, 15) is 14.5 Å². The Morgan fingerprint density at radius 1 is 1.37 bits per heavy atom. The number of hydrogen-bond donors (Lipinski definition) is 1. The molecule has 2 rings (SSSR count). The molecular formula is C13H12FN3O2. The van der Waals surface area contributed by atoms with Crippen molar-refractivity contribution in [3.8, 4) is 0 Å². The third kappa shape index (κ3) is 3.04. The lowest BCUT2D eigenvalue weighted by atomic mass is 10.1. The Hall–Kier alpha value is -2.50. The lowest BCUT2D eigenvalue weighted by molar-refractivity contribution is -0.388. The highest BCUT2D eigenvalue weighted by molar-refractivity contribution is 5.57. The van der Waals surface area contributed by atoms with Gasteiger partial charge >= 0.3 is 5.82 Å². The number of nitrogens with one attached hydrogen (secondary N) is 1. The van der Waals surface area contributed by atoms with Crippen LogP contribution in [0.2, 0.25) is 0 Å². The van der Waals surface area contributed by atoms with Crippen LogP contribution in [-0.2, 0) is 0 Å². The standard InChI is InChI=1S/C13H12FN3O2/c1-9(10-4-2-5-11(14)8-10)16-12-6-3-7-15-13(12)17(18)19/h2-9,16H,1H3. The normalized spacial score (nSPS) is 11.9. The number of benzene rings is 1. The molecule has 0 spiro atoms. The van der Waals surface area contributed by atoms with Gasteiger partial charge in [0.25, 0.3) is 0 Å². The first-order chi connectivity index (χ1) is 9.08. The molecule has 0 aliphatic heterocycles. The van der Waals surface area contributed by atoms with E-state index < -0.39 is 4.92 Å². The summed E-state index contributed by atoms with van der Waals surface area (Å²) in [6.07, 6.45) is 1.36. The zero-order valence-corrected chi connectivity index (χ0v) is 10.2. The summed E-state index contributed by atoms with van der Waals surface area (Å²) in [6, 6.07) is 9.00. The van der Waals surface area contributed by atoms with Crippen molar-refractivity contribution in [3.05, 3.63) is 64.1 Å².